The Kier molecular flexibility index (Phi) is 5.82. The van der Waals surface area contributed by atoms with Crippen LogP contribution in [-0.2, 0) is 11.8 Å². The summed E-state index contributed by atoms with van der Waals surface area (Å²) in [5, 5.41) is 12.0. The van der Waals surface area contributed by atoms with E-state index in [4.69, 9.17) is 39.2 Å². The predicted octanol–water partition coefficient (Wildman–Crippen LogP) is 5.15. The first-order chi connectivity index (χ1) is 12.4. The van der Waals surface area contributed by atoms with Gasteiger partial charge in [-0.15, -0.1) is 10.2 Å². The summed E-state index contributed by atoms with van der Waals surface area (Å²) in [6.07, 6.45) is 1.56. The van der Waals surface area contributed by atoms with Crippen LogP contribution in [0.25, 0.3) is 11.6 Å². The van der Waals surface area contributed by atoms with Crippen molar-refractivity contribution < 1.29 is 9.21 Å². The van der Waals surface area contributed by atoms with Gasteiger partial charge in [0.1, 0.15) is 0 Å². The van der Waals surface area contributed by atoms with Gasteiger partial charge in [-0.3, -0.25) is 4.79 Å². The monoisotopic (exact) mass is 430 g/mol. The highest BCUT2D eigenvalue weighted by molar-refractivity contribution is 8.00. The fourth-order valence-electron chi connectivity index (χ4n) is 2.10. The molecule has 0 aliphatic rings. The number of benzene rings is 1. The van der Waals surface area contributed by atoms with Crippen LogP contribution in [0.15, 0.2) is 40.1 Å². The van der Waals surface area contributed by atoms with Gasteiger partial charge in [-0.2, -0.15) is 0 Å². The molecule has 0 aliphatic heterocycles. The number of rotatable bonds is 5. The molecule has 0 aliphatic carbocycles. The molecule has 0 saturated carbocycles. The maximum Gasteiger partial charge on any atom is 0.237 e. The van der Waals surface area contributed by atoms with E-state index in [1.165, 1.54) is 23.9 Å². The van der Waals surface area contributed by atoms with Gasteiger partial charge >= 0.3 is 0 Å². The molecule has 1 amide bonds. The summed E-state index contributed by atoms with van der Waals surface area (Å²) in [4.78, 5) is 12.5. The minimum atomic E-state index is -0.451. The van der Waals surface area contributed by atoms with Gasteiger partial charge in [-0.05, 0) is 31.2 Å². The van der Waals surface area contributed by atoms with Gasteiger partial charge in [0.2, 0.25) is 5.91 Å². The Morgan fingerprint density at radius 3 is 2.65 bits per heavy atom. The third-order valence-corrected chi connectivity index (χ3v) is 5.66. The number of nitrogens with one attached hydrogen (secondary N) is 1. The van der Waals surface area contributed by atoms with E-state index in [0.717, 1.165) is 0 Å². The van der Waals surface area contributed by atoms with Crippen molar-refractivity contribution in [2.75, 3.05) is 5.32 Å². The normalized spacial score (nSPS) is 12.2. The highest BCUT2D eigenvalue weighted by atomic mass is 35.5. The minimum absolute atomic E-state index is 0.252. The SMILES string of the molecule is CC(Sc1nnc(-c2ccco2)n1C)C(=O)Nc1cc(Cl)c(Cl)cc1Cl. The molecular weight excluding hydrogens is 419 g/mol. The van der Waals surface area contributed by atoms with Gasteiger partial charge in [0, 0.05) is 7.05 Å². The zero-order valence-corrected chi connectivity index (χ0v) is 16.7. The molecule has 0 bridgehead atoms. The maximum absolute atomic E-state index is 12.5. The Morgan fingerprint density at radius 2 is 1.96 bits per heavy atom. The number of carbonyl (C=O) groups excluding carboxylic acids is 1. The molecule has 136 valence electrons. The maximum atomic E-state index is 12.5. The third kappa shape index (κ3) is 4.01. The molecule has 1 unspecified atom stereocenters. The van der Waals surface area contributed by atoms with Gasteiger partial charge in [-0.25, -0.2) is 0 Å². The summed E-state index contributed by atoms with van der Waals surface area (Å²) in [7, 11) is 1.81. The molecule has 1 atom stereocenters. The first-order valence-corrected chi connectivity index (χ1v) is 9.43. The lowest BCUT2D eigenvalue weighted by Crippen LogP contribution is -2.23. The van der Waals surface area contributed by atoms with Gasteiger partial charge < -0.3 is 14.3 Å². The summed E-state index contributed by atoms with van der Waals surface area (Å²) in [6, 6.07) is 6.56. The van der Waals surface area contributed by atoms with E-state index >= 15 is 0 Å². The quantitative estimate of drug-likeness (QED) is 0.446. The van der Waals surface area contributed by atoms with Crippen LogP contribution >= 0.6 is 46.6 Å². The summed E-state index contributed by atoms with van der Waals surface area (Å²) >= 11 is 19.2. The van der Waals surface area contributed by atoms with Crippen molar-refractivity contribution in [2.24, 2.45) is 7.05 Å². The zero-order valence-electron chi connectivity index (χ0n) is 13.7. The number of carbonyl (C=O) groups is 1. The third-order valence-electron chi connectivity index (χ3n) is 3.50. The highest BCUT2D eigenvalue weighted by Crippen LogP contribution is 2.33. The topological polar surface area (TPSA) is 73.0 Å². The largest absolute Gasteiger partial charge is 0.461 e. The average Bonchev–Trinajstić information content (AvgIpc) is 3.23. The molecule has 1 aromatic carbocycles. The number of halogens is 3. The number of hydrogen-bond acceptors (Lipinski definition) is 5. The van der Waals surface area contributed by atoms with Crippen molar-refractivity contribution in [3.63, 3.8) is 0 Å². The van der Waals surface area contributed by atoms with Gasteiger partial charge in [0.25, 0.3) is 0 Å². The van der Waals surface area contributed by atoms with Crippen LogP contribution < -0.4 is 5.32 Å². The summed E-state index contributed by atoms with van der Waals surface area (Å²) in [5.41, 5.74) is 0.396. The first-order valence-electron chi connectivity index (χ1n) is 7.42. The van der Waals surface area contributed by atoms with Gasteiger partial charge in [0.15, 0.2) is 16.7 Å². The van der Waals surface area contributed by atoms with Crippen molar-refractivity contribution in [2.45, 2.75) is 17.3 Å². The molecule has 6 nitrogen and oxygen atoms in total. The lowest BCUT2D eigenvalue weighted by molar-refractivity contribution is -0.115. The van der Waals surface area contributed by atoms with E-state index < -0.39 is 5.25 Å². The molecular formula is C16H13Cl3N4O2S. The Bertz CT molecular complexity index is 943. The van der Waals surface area contributed by atoms with E-state index in [1.807, 2.05) is 0 Å². The molecule has 0 saturated heterocycles. The Hall–Kier alpha value is -1.67. The van der Waals surface area contributed by atoms with Crippen molar-refractivity contribution in [3.05, 3.63) is 45.6 Å². The fourth-order valence-corrected chi connectivity index (χ4v) is 3.51. The molecule has 3 aromatic rings. The highest BCUT2D eigenvalue weighted by Gasteiger charge is 2.21. The van der Waals surface area contributed by atoms with Crippen LogP contribution in [0.5, 0.6) is 0 Å². The smallest absolute Gasteiger partial charge is 0.237 e. The molecule has 0 spiro atoms. The molecule has 2 heterocycles. The second-order valence-corrected chi connectivity index (χ2v) is 7.87. The number of nitrogens with zero attached hydrogens (tertiary/aromatic N) is 3. The Labute approximate surface area is 168 Å². The van der Waals surface area contributed by atoms with E-state index in [-0.39, 0.29) is 5.91 Å². The van der Waals surface area contributed by atoms with Crippen LogP contribution in [0, 0.1) is 0 Å². The van der Waals surface area contributed by atoms with Crippen molar-refractivity contribution in [1.29, 1.82) is 0 Å². The lowest BCUT2D eigenvalue weighted by atomic mass is 10.3. The van der Waals surface area contributed by atoms with Crippen LogP contribution in [0.1, 0.15) is 6.92 Å². The first kappa shape index (κ1) is 19.1. The summed E-state index contributed by atoms with van der Waals surface area (Å²) in [5.74, 6) is 0.932. The second kappa shape index (κ2) is 7.92. The van der Waals surface area contributed by atoms with E-state index in [1.54, 1.807) is 36.9 Å². The number of furan rings is 1. The van der Waals surface area contributed by atoms with Crippen LogP contribution in [0.3, 0.4) is 0 Å². The van der Waals surface area contributed by atoms with Crippen molar-refractivity contribution in [1.82, 2.24) is 14.8 Å². The summed E-state index contributed by atoms with van der Waals surface area (Å²) < 4.78 is 7.09. The van der Waals surface area contributed by atoms with Gasteiger partial charge in [0.05, 0.1) is 32.3 Å². The number of anilines is 1. The second-order valence-electron chi connectivity index (χ2n) is 5.34. The van der Waals surface area contributed by atoms with Gasteiger partial charge in [-0.1, -0.05) is 46.6 Å². The predicted molar refractivity (Wildman–Crippen MR) is 104 cm³/mol. The molecule has 0 radical (unpaired) electrons. The van der Waals surface area contributed by atoms with Crippen LogP contribution in [0.4, 0.5) is 5.69 Å². The Morgan fingerprint density at radius 1 is 1.23 bits per heavy atom. The van der Waals surface area contributed by atoms with E-state index in [2.05, 4.69) is 15.5 Å². The minimum Gasteiger partial charge on any atom is -0.461 e. The lowest BCUT2D eigenvalue weighted by Gasteiger charge is -2.13. The molecule has 0 fully saturated rings. The van der Waals surface area contributed by atoms with Crippen LogP contribution in [0.2, 0.25) is 15.1 Å². The number of thioether (sulfide) groups is 1. The van der Waals surface area contributed by atoms with Crippen molar-refractivity contribution >= 4 is 58.2 Å². The molecule has 1 N–H and O–H groups in total. The zero-order chi connectivity index (χ0) is 18.8. The Balaban J connectivity index is 1.71. The molecule has 26 heavy (non-hydrogen) atoms. The molecule has 3 rings (SSSR count). The van der Waals surface area contributed by atoms with E-state index in [9.17, 15) is 4.79 Å². The number of aromatic nitrogens is 3. The summed E-state index contributed by atoms with van der Waals surface area (Å²) in [6.45, 7) is 1.76. The van der Waals surface area contributed by atoms with Crippen LogP contribution in [-0.4, -0.2) is 25.9 Å². The van der Waals surface area contributed by atoms with E-state index in [0.29, 0.717) is 37.5 Å². The molecule has 2 aromatic heterocycles. The fraction of sp³-hybridized carbons (Fsp3) is 0.188. The number of amides is 1. The standard InChI is InChI=1S/C16H13Cl3N4O2S/c1-8(15(24)20-12-7-10(18)9(17)6-11(12)19)26-16-22-21-14(23(16)2)13-4-3-5-25-13/h3-8H,1-2H3,(H,20,24). The average molecular weight is 432 g/mol. The number of hydrogen-bond donors (Lipinski definition) is 1. The van der Waals surface area contributed by atoms with Crippen molar-refractivity contribution in [3.8, 4) is 11.6 Å². The molecule has 10 heteroatoms.